The van der Waals surface area contributed by atoms with Crippen molar-refractivity contribution in [2.75, 3.05) is 19.8 Å². The number of ether oxygens (including phenoxy) is 1. The monoisotopic (exact) mass is 1190 g/mol. The van der Waals surface area contributed by atoms with Crippen molar-refractivity contribution in [3.05, 3.63) is 0 Å². The van der Waals surface area contributed by atoms with Crippen LogP contribution in [0.3, 0.4) is 0 Å². The molecule has 30 heteroatoms. The zero-order valence-electron chi connectivity index (χ0n) is 50.7. The van der Waals surface area contributed by atoms with Gasteiger partial charge in [0.15, 0.2) is 0 Å². The molecule has 1 rings (SSSR count). The Labute approximate surface area is 491 Å². The average Bonchev–Trinajstić information content (AvgIpc) is 3.56. The molecule has 0 aromatic heterocycles. The summed E-state index contributed by atoms with van der Waals surface area (Å²) in [7, 11) is 0. The third-order valence-electron chi connectivity index (χ3n) is 14.6. The van der Waals surface area contributed by atoms with Gasteiger partial charge in [-0.05, 0) is 70.6 Å². The molecule has 12 amide bonds. The van der Waals surface area contributed by atoms with E-state index < -0.39 is 199 Å². The molecule has 0 bridgehead atoms. The largest absolute Gasteiger partial charge is 0.458 e. The lowest BCUT2D eigenvalue weighted by atomic mass is 9.94. The number of hydrogen-bond donors (Lipinski definition) is 15. The van der Waals surface area contributed by atoms with Gasteiger partial charge in [0.1, 0.15) is 72.6 Å². The fourth-order valence-electron chi connectivity index (χ4n) is 8.37. The molecule has 1 aliphatic rings. The molecule has 0 spiro atoms. The number of aliphatic hydroxyl groups excluding tert-OH is 2. The highest BCUT2D eigenvalue weighted by atomic mass is 16.5. The first-order valence-corrected chi connectivity index (χ1v) is 28.6. The lowest BCUT2D eigenvalue weighted by molar-refractivity contribution is -0.157. The summed E-state index contributed by atoms with van der Waals surface area (Å²) in [6.45, 7) is 18.3. The summed E-state index contributed by atoms with van der Waals surface area (Å²) < 4.78 is 5.70. The Morgan fingerprint density at radius 1 is 0.583 bits per heavy atom. The summed E-state index contributed by atoms with van der Waals surface area (Å²) >= 11 is 0. The van der Waals surface area contributed by atoms with Crippen LogP contribution >= 0.6 is 0 Å². The lowest BCUT2D eigenvalue weighted by Gasteiger charge is -2.31. The minimum Gasteiger partial charge on any atom is -0.458 e. The zero-order chi connectivity index (χ0) is 64.3. The number of cyclic esters (lactones) is 1. The van der Waals surface area contributed by atoms with Crippen molar-refractivity contribution in [3.8, 4) is 0 Å². The van der Waals surface area contributed by atoms with Crippen LogP contribution in [0.4, 0.5) is 0 Å². The van der Waals surface area contributed by atoms with Crippen molar-refractivity contribution in [1.82, 2.24) is 58.5 Å². The van der Waals surface area contributed by atoms with Crippen molar-refractivity contribution in [2.45, 2.75) is 214 Å². The molecule has 84 heavy (non-hydrogen) atoms. The molecule has 30 nitrogen and oxygen atoms in total. The molecule has 1 saturated heterocycles. The summed E-state index contributed by atoms with van der Waals surface area (Å²) in [6, 6.07) is -15.9. The predicted octanol–water partition coefficient (Wildman–Crippen LogP) is -4.08. The molecule has 0 aromatic carbocycles. The predicted molar refractivity (Wildman–Crippen MR) is 306 cm³/mol. The van der Waals surface area contributed by atoms with Crippen molar-refractivity contribution in [3.63, 3.8) is 0 Å². The molecular formula is C54H94N14O16. The molecule has 1 fully saturated rings. The first-order chi connectivity index (χ1) is 39.3. The maximum absolute atomic E-state index is 14.3. The Hall–Kier alpha value is -7.50. The zero-order valence-corrected chi connectivity index (χ0v) is 50.7. The number of nitrogens with zero attached hydrogens (tertiary/aromatic N) is 1. The number of amides is 12. The number of carbonyl (C=O) groups excluding carboxylic acids is 13. The van der Waals surface area contributed by atoms with E-state index in [0.717, 1.165) is 0 Å². The number of primary amides is 1. The van der Waals surface area contributed by atoms with Gasteiger partial charge in [-0.1, -0.05) is 81.1 Å². The SMILES string of the molecule is CC[C@@H](C)[C@@H](NC(=O)[C@@H](CCC(N)=O)NC(=O)[C@H](CO)NC(=O)[C@@H](NC(=O)[C@@H](C)NC(C)=O)[C@@H](C)CC)C(=O)N[C@H](C(=O)N[C@@H](CO)C(=O)N[C@H]1C(=O)N[C@@H](C)C(=O)N[C@@H](CCCN=C(C)N)C(=O)N[C@@H]([C@@H](C)CC)C(=O)O[C@H]1C)[C@@H](C)CC. The van der Waals surface area contributed by atoms with Gasteiger partial charge in [0, 0.05) is 19.9 Å². The van der Waals surface area contributed by atoms with Crippen LogP contribution in [-0.4, -0.2) is 185 Å². The van der Waals surface area contributed by atoms with Gasteiger partial charge in [-0.25, -0.2) is 4.79 Å². The van der Waals surface area contributed by atoms with E-state index in [1.807, 2.05) is 0 Å². The molecule has 0 saturated carbocycles. The number of esters is 1. The maximum atomic E-state index is 14.3. The molecule has 1 heterocycles. The molecular weight excluding hydrogens is 1100 g/mol. The smallest absolute Gasteiger partial charge is 0.329 e. The van der Waals surface area contributed by atoms with Crippen LogP contribution in [0, 0.1) is 23.7 Å². The van der Waals surface area contributed by atoms with Gasteiger partial charge in [0.05, 0.1) is 19.0 Å². The van der Waals surface area contributed by atoms with Crippen molar-refractivity contribution < 1.29 is 77.3 Å². The van der Waals surface area contributed by atoms with Crippen molar-refractivity contribution in [1.29, 1.82) is 0 Å². The van der Waals surface area contributed by atoms with Gasteiger partial charge in [-0.15, -0.1) is 0 Å². The summed E-state index contributed by atoms with van der Waals surface area (Å²) in [5, 5.41) is 48.2. The van der Waals surface area contributed by atoms with E-state index in [2.05, 4.69) is 63.5 Å². The number of amidine groups is 1. The fourth-order valence-corrected chi connectivity index (χ4v) is 8.37. The second kappa shape index (κ2) is 36.9. The lowest BCUT2D eigenvalue weighted by Crippen LogP contribution is -2.63. The second-order valence-corrected chi connectivity index (χ2v) is 21.5. The fraction of sp³-hybridized carbons (Fsp3) is 0.741. The average molecular weight is 1200 g/mol. The van der Waals surface area contributed by atoms with Crippen LogP contribution in [0.1, 0.15) is 141 Å². The van der Waals surface area contributed by atoms with E-state index in [4.69, 9.17) is 16.2 Å². The first-order valence-electron chi connectivity index (χ1n) is 28.6. The normalized spacial score (nSPS) is 21.8. The first kappa shape index (κ1) is 74.5. The summed E-state index contributed by atoms with van der Waals surface area (Å²) in [5.74, 6) is -13.8. The summed E-state index contributed by atoms with van der Waals surface area (Å²) in [6.07, 6.45) is -0.749. The van der Waals surface area contributed by atoms with Gasteiger partial charge in [-0.3, -0.25) is 62.5 Å². The van der Waals surface area contributed by atoms with Crippen LogP contribution in [0.15, 0.2) is 4.99 Å². The van der Waals surface area contributed by atoms with E-state index in [1.165, 1.54) is 27.7 Å². The third kappa shape index (κ3) is 24.4. The number of aliphatic imine (C=N–C) groups is 1. The van der Waals surface area contributed by atoms with Crippen molar-refractivity contribution in [2.24, 2.45) is 40.1 Å². The summed E-state index contributed by atoms with van der Waals surface area (Å²) in [4.78, 5) is 179. The van der Waals surface area contributed by atoms with Gasteiger partial charge in [0.2, 0.25) is 70.9 Å². The van der Waals surface area contributed by atoms with E-state index in [-0.39, 0.29) is 25.8 Å². The Morgan fingerprint density at radius 2 is 1.05 bits per heavy atom. The minimum atomic E-state index is -1.83. The Bertz CT molecular complexity index is 2340. The van der Waals surface area contributed by atoms with E-state index in [9.17, 15) is 72.5 Å². The quantitative estimate of drug-likeness (QED) is 0.0132. The highest BCUT2D eigenvalue weighted by Gasteiger charge is 2.41. The van der Waals surface area contributed by atoms with Gasteiger partial charge in [-0.2, -0.15) is 0 Å². The Balaban J connectivity index is 3.52. The van der Waals surface area contributed by atoms with Crippen LogP contribution in [0.2, 0.25) is 0 Å². The van der Waals surface area contributed by atoms with Gasteiger partial charge < -0.3 is 84.9 Å². The number of aliphatic hydroxyl groups is 2. The van der Waals surface area contributed by atoms with Crippen LogP contribution in [-0.2, 0) is 67.1 Å². The molecule has 0 radical (unpaired) electrons. The minimum absolute atomic E-state index is 0.0759. The number of hydrogen-bond acceptors (Lipinski definition) is 17. The number of nitrogens with one attached hydrogen (secondary N) is 11. The second-order valence-electron chi connectivity index (χ2n) is 21.5. The van der Waals surface area contributed by atoms with E-state index in [0.29, 0.717) is 25.1 Å². The van der Waals surface area contributed by atoms with E-state index >= 15 is 0 Å². The van der Waals surface area contributed by atoms with Crippen LogP contribution in [0.5, 0.6) is 0 Å². The molecule has 0 aliphatic carbocycles. The highest BCUT2D eigenvalue weighted by Crippen LogP contribution is 2.17. The topological polar surface area (TPSA) is 468 Å². The van der Waals surface area contributed by atoms with Crippen molar-refractivity contribution >= 4 is 82.7 Å². The number of nitrogens with two attached hydrogens (primary N) is 2. The van der Waals surface area contributed by atoms with Crippen LogP contribution in [0.25, 0.3) is 0 Å². The third-order valence-corrected chi connectivity index (χ3v) is 14.6. The molecule has 17 N–H and O–H groups in total. The molecule has 16 atom stereocenters. The molecule has 1 aliphatic heterocycles. The van der Waals surface area contributed by atoms with Crippen LogP contribution < -0.4 is 70.0 Å². The summed E-state index contributed by atoms with van der Waals surface area (Å²) in [5.41, 5.74) is 11.0. The Morgan fingerprint density at radius 3 is 1.51 bits per heavy atom. The standard InChI is InChI=1S/C54H94N14O16/c1-14-25(5)39(64-45(74)29(9)58-33(13)71)50(79)62-36(23-69)48(77)61-35(20-21-38(56)72)47(76)65-41(27(7)16-3)52(81)66-40(26(6)15-2)51(80)63-37(24-70)49(78)68-43-31(11)84-54(83)42(28(8)17-4)67-46(75)34(19-18-22-57-32(12)55)60-44(73)30(10)59-53(43)82/h25-31,34-37,39-43,69-70H,14-24H2,1-13H3,(H2,55,57)(H2,56,72)(H,58,71)(H,59,82)(H,60,73)(H,61,77)(H,62,79)(H,63,80)(H,64,74)(H,65,76)(H,66,81)(H,67,75)(H,68,78)/t25-,26-,27+,28-,29+,30-,31-,34-,35+,36-,37-,39-,40-,41+,42-,43+/m0/s1. The highest BCUT2D eigenvalue weighted by molar-refractivity contribution is 6.00. The van der Waals surface area contributed by atoms with E-state index in [1.54, 1.807) is 62.3 Å². The molecule has 0 unspecified atom stereocenters. The molecule has 476 valence electrons. The maximum Gasteiger partial charge on any atom is 0.329 e. The molecule has 0 aromatic rings. The van der Waals surface area contributed by atoms with Gasteiger partial charge in [0.25, 0.3) is 0 Å². The Kier molecular flexibility index (Phi) is 32.8. The number of carbonyl (C=O) groups is 13. The van der Waals surface area contributed by atoms with Gasteiger partial charge >= 0.3 is 5.97 Å². The number of rotatable bonds is 32.